The van der Waals surface area contributed by atoms with E-state index in [0.29, 0.717) is 5.95 Å². The average molecular weight is 974 g/mol. The number of aromatic nitrogens is 2. The second kappa shape index (κ2) is 14.8. The number of benzene rings is 6. The highest BCUT2D eigenvalue weighted by Crippen LogP contribution is 2.58. The van der Waals surface area contributed by atoms with Gasteiger partial charge in [-0.3, -0.25) is 14.7 Å². The van der Waals surface area contributed by atoms with Crippen LogP contribution in [0.1, 0.15) is 181 Å². The summed E-state index contributed by atoms with van der Waals surface area (Å²) in [6.07, 6.45) is 4.37. The summed E-state index contributed by atoms with van der Waals surface area (Å²) in [6, 6.07) is 46.8. The maximum atomic E-state index is 6.07. The second-order valence-corrected chi connectivity index (χ2v) is 28.8. The van der Waals surface area contributed by atoms with E-state index in [2.05, 4.69) is 247 Å². The highest BCUT2D eigenvalue weighted by molar-refractivity contribution is 7.00. The Morgan fingerprint density at radius 3 is 1.03 bits per heavy atom. The number of anilines is 9. The predicted octanol–water partition coefficient (Wildman–Crippen LogP) is 15.9. The van der Waals surface area contributed by atoms with E-state index < -0.39 is 0 Å². The van der Waals surface area contributed by atoms with Gasteiger partial charge in [-0.05, 0) is 185 Å². The normalized spacial score (nSPS) is 21.3. The Bertz CT molecular complexity index is 3310. The van der Waals surface area contributed by atoms with Crippen molar-refractivity contribution in [3.05, 3.63) is 166 Å². The van der Waals surface area contributed by atoms with Crippen molar-refractivity contribution < 1.29 is 0 Å². The Balaban J connectivity index is 1.20. The van der Waals surface area contributed by atoms with E-state index in [9.17, 15) is 0 Å². The van der Waals surface area contributed by atoms with Gasteiger partial charge >= 0.3 is 0 Å². The number of hydrogen-bond donors (Lipinski definition) is 0. The van der Waals surface area contributed by atoms with Crippen LogP contribution in [0, 0.1) is 0 Å². The molecule has 0 bridgehead atoms. The molecule has 5 nitrogen and oxygen atoms in total. The average Bonchev–Trinajstić information content (AvgIpc) is 3.85. The van der Waals surface area contributed by atoms with Crippen LogP contribution in [0.4, 0.5) is 51.7 Å². The minimum atomic E-state index is -0.127. The number of hydrogen-bond acceptors (Lipinski definition) is 5. The lowest BCUT2D eigenvalue weighted by Gasteiger charge is -2.44. The van der Waals surface area contributed by atoms with Gasteiger partial charge in [0.15, 0.2) is 0 Å². The van der Waals surface area contributed by atoms with Gasteiger partial charge in [-0.2, -0.15) is 9.97 Å². The van der Waals surface area contributed by atoms with E-state index in [0.717, 1.165) is 60.1 Å². The minimum Gasteiger partial charge on any atom is -0.296 e. The van der Waals surface area contributed by atoms with Gasteiger partial charge in [-0.25, -0.2) is 0 Å². The van der Waals surface area contributed by atoms with Crippen LogP contribution in [0.25, 0.3) is 0 Å². The summed E-state index contributed by atoms with van der Waals surface area (Å²) in [4.78, 5) is 19.6. The minimum absolute atomic E-state index is 0.000229. The van der Waals surface area contributed by atoms with Crippen LogP contribution in [0.15, 0.2) is 121 Å². The first-order valence-electron chi connectivity index (χ1n) is 27.7. The Hall–Kier alpha value is -6.14. The molecule has 0 N–H and O–H groups in total. The van der Waals surface area contributed by atoms with Crippen LogP contribution >= 0.6 is 0 Å². The van der Waals surface area contributed by atoms with Crippen LogP contribution in [-0.4, -0.2) is 16.7 Å². The molecule has 7 aromatic rings. The second-order valence-electron chi connectivity index (χ2n) is 28.8. The first-order chi connectivity index (χ1) is 34.6. The van der Waals surface area contributed by atoms with Crippen molar-refractivity contribution in [1.29, 1.82) is 0 Å². The monoisotopic (exact) mass is 974 g/mol. The third-order valence-corrected chi connectivity index (χ3v) is 19.2. The topological polar surface area (TPSA) is 35.5 Å². The summed E-state index contributed by atoms with van der Waals surface area (Å²) in [5.41, 5.74) is 22.3. The highest BCUT2D eigenvalue weighted by atomic mass is 15.3. The molecule has 0 fully saturated rings. The van der Waals surface area contributed by atoms with Gasteiger partial charge < -0.3 is 0 Å². The number of nitrogens with zero attached hydrogens (tertiary/aromatic N) is 5. The van der Waals surface area contributed by atoms with Crippen LogP contribution < -0.4 is 31.1 Å². The van der Waals surface area contributed by atoms with Crippen molar-refractivity contribution in [2.24, 2.45) is 0 Å². The van der Waals surface area contributed by atoms with E-state index in [1.807, 2.05) is 0 Å². The molecule has 6 aliphatic rings. The molecule has 0 spiro atoms. The summed E-state index contributed by atoms with van der Waals surface area (Å²) in [5.74, 6) is 2.54. The predicted molar refractivity (Wildman–Crippen MR) is 313 cm³/mol. The van der Waals surface area contributed by atoms with Crippen molar-refractivity contribution in [1.82, 2.24) is 9.97 Å². The molecule has 0 atom stereocenters. The fourth-order valence-electron chi connectivity index (χ4n) is 17.0. The maximum Gasteiger partial charge on any atom is 0.256 e. The summed E-state index contributed by atoms with van der Waals surface area (Å²) in [5, 5.41) is 0. The van der Waals surface area contributed by atoms with Crippen LogP contribution in [-0.2, 0) is 43.3 Å². The SMILES string of the molecule is CC1(C)CC(C)(C)c2cc(N3c4cc5c(cc4B4c6cc7c(cc6N(c6ccc8c(c6)C(C)(C)CC8(C)C)c6nc(N(c8ccccc8)c8ccccc8)nc3c64)C(C)(C)CC7(C)C)C(C)(C)CC5(C)C)ccc21. The summed E-state index contributed by atoms with van der Waals surface area (Å²) < 4.78 is 0. The summed E-state index contributed by atoms with van der Waals surface area (Å²) in [7, 11) is 0. The van der Waals surface area contributed by atoms with Gasteiger partial charge in [-0.1, -0.05) is 171 Å². The fourth-order valence-corrected chi connectivity index (χ4v) is 17.0. The Labute approximate surface area is 442 Å². The number of rotatable bonds is 5. The standard InChI is InChI=1S/C68H76BN5/c1-61(2)37-63(5,6)47-31-43(27-29-45(47)61)73-55-35-51-49(65(9,10)39-67(51,13)14)33-53(55)69-54-34-50-52(68(15,16)40-66(50,11)12)36-56(54)74(44-28-30-46-48(32-44)64(7,8)38-62(46,3)4)59-57(69)58(73)70-60(71-59)72(41-23-19-17-20-24-41)42-25-21-18-22-26-42/h17-36H,37-40H2,1-16H3. The van der Waals surface area contributed by atoms with Gasteiger partial charge in [0.25, 0.3) is 6.71 Å². The van der Waals surface area contributed by atoms with Crippen molar-refractivity contribution in [2.45, 2.75) is 180 Å². The highest BCUT2D eigenvalue weighted by Gasteiger charge is 2.53. The van der Waals surface area contributed by atoms with E-state index in [1.54, 1.807) is 0 Å². The van der Waals surface area contributed by atoms with E-state index in [1.165, 1.54) is 72.3 Å². The molecular formula is C68H76BN5. The number of fused-ring (bicyclic) bond motifs is 8. The van der Waals surface area contributed by atoms with Gasteiger partial charge in [-0.15, -0.1) is 0 Å². The van der Waals surface area contributed by atoms with Crippen molar-refractivity contribution in [3.63, 3.8) is 0 Å². The molecule has 1 aromatic heterocycles. The molecule has 6 aromatic carbocycles. The largest absolute Gasteiger partial charge is 0.296 e. The molecule has 6 heteroatoms. The van der Waals surface area contributed by atoms with E-state index in [-0.39, 0.29) is 50.0 Å². The Morgan fingerprint density at radius 1 is 0.365 bits per heavy atom. The summed E-state index contributed by atoms with van der Waals surface area (Å²) >= 11 is 0. The zero-order valence-electron chi connectivity index (χ0n) is 47.2. The molecule has 376 valence electrons. The Kier molecular flexibility index (Phi) is 9.53. The van der Waals surface area contributed by atoms with E-state index in [4.69, 9.17) is 9.97 Å². The van der Waals surface area contributed by atoms with Gasteiger partial charge in [0.05, 0.1) is 0 Å². The smallest absolute Gasteiger partial charge is 0.256 e. The molecule has 0 unspecified atom stereocenters. The molecule has 4 aliphatic carbocycles. The lowest BCUT2D eigenvalue weighted by molar-refractivity contribution is 0.402. The van der Waals surface area contributed by atoms with Gasteiger partial charge in [0.1, 0.15) is 11.6 Å². The van der Waals surface area contributed by atoms with Crippen molar-refractivity contribution in [2.75, 3.05) is 14.7 Å². The van der Waals surface area contributed by atoms with Crippen LogP contribution in [0.3, 0.4) is 0 Å². The summed E-state index contributed by atoms with van der Waals surface area (Å²) in [6.45, 7) is 39.1. The van der Waals surface area contributed by atoms with Gasteiger partial charge in [0.2, 0.25) is 5.95 Å². The lowest BCUT2D eigenvalue weighted by Crippen LogP contribution is -2.62. The molecule has 0 saturated carbocycles. The fraction of sp³-hybridized carbons (Fsp3) is 0.412. The molecule has 3 heterocycles. The number of para-hydroxylation sites is 2. The van der Waals surface area contributed by atoms with Gasteiger partial charge in [0, 0.05) is 39.6 Å². The van der Waals surface area contributed by atoms with E-state index >= 15 is 0 Å². The lowest BCUT2D eigenvalue weighted by atomic mass is 9.33. The quantitative estimate of drug-likeness (QED) is 0.161. The molecule has 0 amide bonds. The first kappa shape index (κ1) is 47.6. The van der Waals surface area contributed by atoms with Crippen molar-refractivity contribution >= 4 is 74.8 Å². The third kappa shape index (κ3) is 6.67. The molecule has 0 saturated heterocycles. The molecular weight excluding hydrogens is 898 g/mol. The zero-order chi connectivity index (χ0) is 52.2. The van der Waals surface area contributed by atoms with Crippen LogP contribution in [0.5, 0.6) is 0 Å². The molecule has 0 radical (unpaired) electrons. The maximum absolute atomic E-state index is 6.07. The van der Waals surface area contributed by atoms with Crippen LogP contribution in [0.2, 0.25) is 0 Å². The first-order valence-corrected chi connectivity index (χ1v) is 27.7. The Morgan fingerprint density at radius 2 is 0.676 bits per heavy atom. The van der Waals surface area contributed by atoms with Crippen molar-refractivity contribution in [3.8, 4) is 0 Å². The molecule has 74 heavy (non-hydrogen) atoms. The zero-order valence-corrected chi connectivity index (χ0v) is 47.2. The third-order valence-electron chi connectivity index (χ3n) is 19.2. The molecule has 13 rings (SSSR count). The molecule has 2 aliphatic heterocycles.